The molecular weight excluding hydrogens is 232 g/mol. The number of aromatic amines is 1. The normalized spacial score (nSPS) is 11.3. The summed E-state index contributed by atoms with van der Waals surface area (Å²) in [5, 5.41) is 11.8. The first-order valence-corrected chi connectivity index (χ1v) is 6.03. The number of aliphatic hydroxyl groups excluding tert-OH is 1. The molecule has 0 aliphatic heterocycles. The highest BCUT2D eigenvalue weighted by Crippen LogP contribution is 2.20. The van der Waals surface area contributed by atoms with Gasteiger partial charge in [0.1, 0.15) is 5.56 Å². The number of rotatable bonds is 6. The zero-order valence-corrected chi connectivity index (χ0v) is 10.8. The van der Waals surface area contributed by atoms with Gasteiger partial charge in [-0.2, -0.15) is 0 Å². The first kappa shape index (κ1) is 14.4. The number of aliphatic hydroxyl groups is 1. The zero-order valence-electron chi connectivity index (χ0n) is 10.8. The van der Waals surface area contributed by atoms with Crippen LogP contribution < -0.4 is 10.9 Å². The van der Waals surface area contributed by atoms with Gasteiger partial charge in [0.2, 0.25) is 0 Å². The van der Waals surface area contributed by atoms with Crippen molar-refractivity contribution in [1.82, 2.24) is 10.3 Å². The molecule has 0 atom stereocenters. The molecule has 0 aliphatic carbocycles. The van der Waals surface area contributed by atoms with Gasteiger partial charge < -0.3 is 15.4 Å². The van der Waals surface area contributed by atoms with E-state index in [1.165, 1.54) is 12.3 Å². The molecule has 100 valence electrons. The lowest BCUT2D eigenvalue weighted by Gasteiger charge is -2.21. The number of carbonyl (C=O) groups excluding carboxylic acids is 1. The van der Waals surface area contributed by atoms with Crippen molar-refractivity contribution >= 4 is 5.91 Å². The van der Waals surface area contributed by atoms with E-state index < -0.39 is 0 Å². The number of carbonyl (C=O) groups is 1. The lowest BCUT2D eigenvalue weighted by molar-refractivity contribution is 0.0947. The highest BCUT2D eigenvalue weighted by Gasteiger charge is 2.16. The maximum Gasteiger partial charge on any atom is 0.260 e. The van der Waals surface area contributed by atoms with Crippen molar-refractivity contribution < 1.29 is 9.90 Å². The van der Waals surface area contributed by atoms with E-state index in [-0.39, 0.29) is 29.1 Å². The molecule has 1 aromatic heterocycles. The van der Waals surface area contributed by atoms with Crippen LogP contribution in [0, 0.1) is 5.41 Å². The Hall–Kier alpha value is -1.62. The van der Waals surface area contributed by atoms with E-state index in [9.17, 15) is 9.59 Å². The number of pyridine rings is 1. The predicted octanol–water partition coefficient (Wildman–Crippen LogP) is 0.903. The van der Waals surface area contributed by atoms with Crippen LogP contribution in [0.4, 0.5) is 0 Å². The number of nitrogens with one attached hydrogen (secondary N) is 2. The van der Waals surface area contributed by atoms with Crippen LogP contribution in [0.15, 0.2) is 23.1 Å². The first-order valence-electron chi connectivity index (χ1n) is 6.03. The molecule has 0 spiro atoms. The van der Waals surface area contributed by atoms with Crippen LogP contribution in [0.25, 0.3) is 0 Å². The molecule has 0 aromatic carbocycles. The van der Waals surface area contributed by atoms with E-state index in [2.05, 4.69) is 10.3 Å². The van der Waals surface area contributed by atoms with Gasteiger partial charge in [-0.15, -0.1) is 0 Å². The number of aromatic nitrogens is 1. The second-order valence-corrected chi connectivity index (χ2v) is 5.09. The first-order chi connectivity index (χ1) is 8.46. The molecule has 0 radical (unpaired) electrons. The van der Waals surface area contributed by atoms with Crippen LogP contribution in [0.1, 0.15) is 37.0 Å². The third kappa shape index (κ3) is 4.33. The third-order valence-electron chi connectivity index (χ3n) is 2.81. The van der Waals surface area contributed by atoms with Crippen LogP contribution in [-0.4, -0.2) is 29.1 Å². The maximum absolute atomic E-state index is 11.7. The van der Waals surface area contributed by atoms with E-state index in [0.717, 1.165) is 12.8 Å². The number of hydrogen-bond acceptors (Lipinski definition) is 3. The van der Waals surface area contributed by atoms with Gasteiger partial charge in [0, 0.05) is 19.3 Å². The van der Waals surface area contributed by atoms with Gasteiger partial charge in [-0.3, -0.25) is 9.59 Å². The SMILES string of the molecule is CC(C)(CO)CCCNC(=O)c1ccc[nH]c1=O. The smallest absolute Gasteiger partial charge is 0.260 e. The van der Waals surface area contributed by atoms with Crippen molar-refractivity contribution in [3.05, 3.63) is 34.2 Å². The van der Waals surface area contributed by atoms with Crippen LogP contribution >= 0.6 is 0 Å². The van der Waals surface area contributed by atoms with Crippen molar-refractivity contribution in [2.45, 2.75) is 26.7 Å². The maximum atomic E-state index is 11.7. The van der Waals surface area contributed by atoms with Gasteiger partial charge in [0.25, 0.3) is 11.5 Å². The fourth-order valence-corrected chi connectivity index (χ4v) is 1.54. The minimum Gasteiger partial charge on any atom is -0.396 e. The molecule has 0 fully saturated rings. The Morgan fingerprint density at radius 1 is 1.50 bits per heavy atom. The molecule has 0 saturated heterocycles. The summed E-state index contributed by atoms with van der Waals surface area (Å²) in [7, 11) is 0. The van der Waals surface area contributed by atoms with E-state index in [4.69, 9.17) is 5.11 Å². The molecule has 0 saturated carbocycles. The minimum absolute atomic E-state index is 0.124. The van der Waals surface area contributed by atoms with E-state index in [0.29, 0.717) is 6.54 Å². The van der Waals surface area contributed by atoms with Crippen LogP contribution in [0.2, 0.25) is 0 Å². The molecule has 1 aromatic rings. The van der Waals surface area contributed by atoms with Crippen molar-refractivity contribution in [2.75, 3.05) is 13.2 Å². The van der Waals surface area contributed by atoms with Gasteiger partial charge in [-0.05, 0) is 30.4 Å². The average molecular weight is 252 g/mol. The highest BCUT2D eigenvalue weighted by atomic mass is 16.3. The highest BCUT2D eigenvalue weighted by molar-refractivity contribution is 5.93. The molecule has 0 bridgehead atoms. The standard InChI is InChI=1S/C13H20N2O3/c1-13(2,9-16)6-4-8-15-12(18)10-5-3-7-14-11(10)17/h3,5,7,16H,4,6,8-9H2,1-2H3,(H,14,17)(H,15,18). The fourth-order valence-electron chi connectivity index (χ4n) is 1.54. The number of amides is 1. The lowest BCUT2D eigenvalue weighted by Crippen LogP contribution is -2.30. The fraction of sp³-hybridized carbons (Fsp3) is 0.538. The molecule has 1 amide bonds. The summed E-state index contributed by atoms with van der Waals surface area (Å²) in [4.78, 5) is 25.5. The van der Waals surface area contributed by atoms with Crippen LogP contribution in [-0.2, 0) is 0 Å². The molecular formula is C13H20N2O3. The molecule has 0 aliphatic rings. The van der Waals surface area contributed by atoms with Crippen LogP contribution in [0.5, 0.6) is 0 Å². The molecule has 3 N–H and O–H groups in total. The monoisotopic (exact) mass is 252 g/mol. The number of hydrogen-bond donors (Lipinski definition) is 3. The molecule has 1 rings (SSSR count). The topological polar surface area (TPSA) is 82.2 Å². The van der Waals surface area contributed by atoms with Gasteiger partial charge >= 0.3 is 0 Å². The second kappa shape index (κ2) is 6.35. The average Bonchev–Trinajstić information content (AvgIpc) is 2.35. The van der Waals surface area contributed by atoms with Crippen molar-refractivity contribution in [3.8, 4) is 0 Å². The predicted molar refractivity (Wildman–Crippen MR) is 69.5 cm³/mol. The quantitative estimate of drug-likeness (QED) is 0.658. The lowest BCUT2D eigenvalue weighted by atomic mass is 9.89. The van der Waals surface area contributed by atoms with E-state index in [1.807, 2.05) is 13.8 Å². The molecule has 5 nitrogen and oxygen atoms in total. The Balaban J connectivity index is 2.39. The zero-order chi connectivity index (χ0) is 13.6. The minimum atomic E-state index is -0.384. The second-order valence-electron chi connectivity index (χ2n) is 5.09. The van der Waals surface area contributed by atoms with Gasteiger partial charge in [0.15, 0.2) is 0 Å². The van der Waals surface area contributed by atoms with Crippen molar-refractivity contribution in [3.63, 3.8) is 0 Å². The molecule has 5 heteroatoms. The Labute approximate surface area is 106 Å². The van der Waals surface area contributed by atoms with E-state index >= 15 is 0 Å². The molecule has 1 heterocycles. The molecule has 18 heavy (non-hydrogen) atoms. The molecule has 0 unspecified atom stereocenters. The van der Waals surface area contributed by atoms with Crippen LogP contribution in [0.3, 0.4) is 0 Å². The summed E-state index contributed by atoms with van der Waals surface area (Å²) in [5.74, 6) is -0.362. The Morgan fingerprint density at radius 3 is 2.83 bits per heavy atom. The van der Waals surface area contributed by atoms with Gasteiger partial charge in [-0.25, -0.2) is 0 Å². The van der Waals surface area contributed by atoms with Gasteiger partial charge in [0.05, 0.1) is 0 Å². The summed E-state index contributed by atoms with van der Waals surface area (Å²) < 4.78 is 0. The van der Waals surface area contributed by atoms with Crippen molar-refractivity contribution in [1.29, 1.82) is 0 Å². The summed E-state index contributed by atoms with van der Waals surface area (Å²) in [6.07, 6.45) is 3.07. The number of H-pyrrole nitrogens is 1. The van der Waals surface area contributed by atoms with Crippen molar-refractivity contribution in [2.24, 2.45) is 5.41 Å². The largest absolute Gasteiger partial charge is 0.396 e. The summed E-state index contributed by atoms with van der Waals surface area (Å²) in [6.45, 7) is 4.56. The Kier molecular flexibility index (Phi) is 5.09. The van der Waals surface area contributed by atoms with E-state index in [1.54, 1.807) is 6.07 Å². The summed E-state index contributed by atoms with van der Waals surface area (Å²) >= 11 is 0. The van der Waals surface area contributed by atoms with Gasteiger partial charge in [-0.1, -0.05) is 13.8 Å². The Bertz CT molecular complexity index is 452. The Morgan fingerprint density at radius 2 is 2.22 bits per heavy atom. The third-order valence-corrected chi connectivity index (χ3v) is 2.81. The summed E-state index contributed by atoms with van der Waals surface area (Å²) in [6, 6.07) is 3.11. The summed E-state index contributed by atoms with van der Waals surface area (Å²) in [5.41, 5.74) is -0.390.